The number of anilines is 1. The molecule has 0 unspecified atom stereocenters. The number of nitrogens with two attached hydrogens (primary N) is 1. The molecule has 0 aliphatic rings. The lowest BCUT2D eigenvalue weighted by molar-refractivity contribution is 0.135. The molecule has 0 atom stereocenters. The third-order valence-electron chi connectivity index (χ3n) is 2.99. The Morgan fingerprint density at radius 1 is 1.26 bits per heavy atom. The van der Waals surface area contributed by atoms with Crippen LogP contribution in [-0.2, 0) is 11.5 Å². The van der Waals surface area contributed by atoms with E-state index in [-0.39, 0.29) is 0 Å². The molecule has 3 rings (SSSR count). The van der Waals surface area contributed by atoms with Gasteiger partial charge in [0.15, 0.2) is 0 Å². The van der Waals surface area contributed by atoms with Crippen molar-refractivity contribution in [3.05, 3.63) is 42.7 Å². The van der Waals surface area contributed by atoms with E-state index >= 15 is 0 Å². The topological polar surface area (TPSA) is 66.0 Å². The highest BCUT2D eigenvalue weighted by Crippen LogP contribution is 2.27. The number of hydrogen-bond acceptors (Lipinski definition) is 4. The fourth-order valence-corrected chi connectivity index (χ4v) is 2.14. The summed E-state index contributed by atoms with van der Waals surface area (Å²) >= 11 is 0. The van der Waals surface area contributed by atoms with Gasteiger partial charge in [0.05, 0.1) is 11.2 Å². The van der Waals surface area contributed by atoms with E-state index in [1.807, 2.05) is 34.9 Å². The summed E-state index contributed by atoms with van der Waals surface area (Å²) in [5.41, 5.74) is 9.33. The molecule has 5 heteroatoms. The second-order valence-corrected chi connectivity index (χ2v) is 4.24. The van der Waals surface area contributed by atoms with Gasteiger partial charge in [-0.15, -0.1) is 0 Å². The van der Waals surface area contributed by atoms with Crippen LogP contribution in [-0.4, -0.2) is 21.6 Å². The molecule has 0 aliphatic heterocycles. The van der Waals surface area contributed by atoms with E-state index in [1.54, 1.807) is 19.5 Å². The van der Waals surface area contributed by atoms with Gasteiger partial charge in [0.2, 0.25) is 0 Å². The molecular weight excluding hydrogens is 240 g/mol. The molecule has 0 saturated carbocycles. The second kappa shape index (κ2) is 4.70. The van der Waals surface area contributed by atoms with Gasteiger partial charge in [0.1, 0.15) is 18.1 Å². The van der Waals surface area contributed by atoms with E-state index in [9.17, 15) is 0 Å². The van der Waals surface area contributed by atoms with E-state index in [0.29, 0.717) is 12.4 Å². The van der Waals surface area contributed by atoms with E-state index < -0.39 is 0 Å². The molecule has 2 N–H and O–H groups in total. The maximum Gasteiger partial charge on any atom is 0.144 e. The monoisotopic (exact) mass is 254 g/mol. The Bertz CT molecular complexity index is 706. The molecule has 0 fully saturated rings. The maximum atomic E-state index is 5.98. The largest absolute Gasteiger partial charge is 0.397 e. The molecule has 0 bridgehead atoms. The van der Waals surface area contributed by atoms with Crippen molar-refractivity contribution < 1.29 is 4.74 Å². The first kappa shape index (κ1) is 11.7. The number of aromatic nitrogens is 3. The van der Waals surface area contributed by atoms with Crippen molar-refractivity contribution in [3.63, 3.8) is 0 Å². The van der Waals surface area contributed by atoms with Gasteiger partial charge in [-0.25, -0.2) is 4.98 Å². The smallest absolute Gasteiger partial charge is 0.144 e. The van der Waals surface area contributed by atoms with E-state index in [0.717, 1.165) is 22.4 Å². The number of hydrogen-bond donors (Lipinski definition) is 1. The summed E-state index contributed by atoms with van der Waals surface area (Å²) in [5, 5.41) is 0. The molecular formula is C14H14N4O. The fourth-order valence-electron chi connectivity index (χ4n) is 2.14. The minimum Gasteiger partial charge on any atom is -0.397 e. The average molecular weight is 254 g/mol. The molecule has 1 aromatic carbocycles. The van der Waals surface area contributed by atoms with Crippen molar-refractivity contribution in [2.24, 2.45) is 0 Å². The number of imidazole rings is 1. The van der Waals surface area contributed by atoms with Crippen molar-refractivity contribution in [3.8, 4) is 11.4 Å². The quantitative estimate of drug-likeness (QED) is 0.728. The van der Waals surface area contributed by atoms with Crippen LogP contribution < -0.4 is 5.73 Å². The molecule has 0 spiro atoms. The van der Waals surface area contributed by atoms with Crippen LogP contribution in [0.15, 0.2) is 42.7 Å². The Hall–Kier alpha value is -2.40. The summed E-state index contributed by atoms with van der Waals surface area (Å²) in [4.78, 5) is 8.75. The van der Waals surface area contributed by atoms with Crippen LogP contribution in [0.25, 0.3) is 22.4 Å². The minimum atomic E-state index is 0.421. The minimum absolute atomic E-state index is 0.421. The van der Waals surface area contributed by atoms with Gasteiger partial charge in [0, 0.05) is 25.1 Å². The van der Waals surface area contributed by atoms with E-state index in [1.165, 1.54) is 0 Å². The zero-order valence-corrected chi connectivity index (χ0v) is 10.6. The van der Waals surface area contributed by atoms with Gasteiger partial charge in [0.25, 0.3) is 0 Å². The van der Waals surface area contributed by atoms with Crippen LogP contribution >= 0.6 is 0 Å². The number of ether oxygens (including phenoxy) is 1. The van der Waals surface area contributed by atoms with Gasteiger partial charge < -0.3 is 10.5 Å². The second-order valence-electron chi connectivity index (χ2n) is 4.24. The van der Waals surface area contributed by atoms with Gasteiger partial charge in [-0.1, -0.05) is 6.07 Å². The molecule has 0 amide bonds. The van der Waals surface area contributed by atoms with Crippen LogP contribution in [0.4, 0.5) is 5.69 Å². The predicted molar refractivity (Wildman–Crippen MR) is 74.4 cm³/mol. The number of benzene rings is 1. The van der Waals surface area contributed by atoms with Gasteiger partial charge >= 0.3 is 0 Å². The molecule has 96 valence electrons. The van der Waals surface area contributed by atoms with Crippen LogP contribution in [0.1, 0.15) is 0 Å². The van der Waals surface area contributed by atoms with Crippen molar-refractivity contribution >= 4 is 16.7 Å². The molecule has 5 nitrogen and oxygen atoms in total. The highest BCUT2D eigenvalue weighted by Gasteiger charge is 2.13. The van der Waals surface area contributed by atoms with Crippen molar-refractivity contribution in [1.29, 1.82) is 0 Å². The maximum absolute atomic E-state index is 5.98. The van der Waals surface area contributed by atoms with Crippen LogP contribution in [0, 0.1) is 0 Å². The Balaban J connectivity index is 2.29. The number of fused-ring (bicyclic) bond motifs is 1. The van der Waals surface area contributed by atoms with E-state index in [2.05, 4.69) is 9.97 Å². The Kier molecular flexibility index (Phi) is 2.89. The predicted octanol–water partition coefficient (Wildman–Crippen LogP) is 2.28. The average Bonchev–Trinajstić information content (AvgIpc) is 2.81. The lowest BCUT2D eigenvalue weighted by atomic mass is 10.3. The molecule has 0 saturated heterocycles. The summed E-state index contributed by atoms with van der Waals surface area (Å²) in [7, 11) is 1.66. The summed E-state index contributed by atoms with van der Waals surface area (Å²) in [6.45, 7) is 0.421. The molecule has 3 aromatic rings. The van der Waals surface area contributed by atoms with Gasteiger partial charge in [-0.05, 0) is 24.3 Å². The van der Waals surface area contributed by atoms with Crippen LogP contribution in [0.3, 0.4) is 0 Å². The number of pyridine rings is 1. The molecule has 2 aromatic heterocycles. The zero-order chi connectivity index (χ0) is 13.2. The van der Waals surface area contributed by atoms with Crippen molar-refractivity contribution in [1.82, 2.24) is 14.5 Å². The number of nitrogen functional groups attached to an aromatic ring is 1. The highest BCUT2D eigenvalue weighted by molar-refractivity contribution is 5.90. The van der Waals surface area contributed by atoms with Crippen LogP contribution in [0.5, 0.6) is 0 Å². The summed E-state index contributed by atoms with van der Waals surface area (Å²) < 4.78 is 7.25. The Morgan fingerprint density at radius 3 is 2.89 bits per heavy atom. The number of rotatable bonds is 3. The standard InChI is InChI=1S/C14H14N4O/c1-19-9-18-12-6-2-5-11(15)13(12)17-14(18)10-4-3-7-16-8-10/h2-8H,9,15H2,1H3. The lowest BCUT2D eigenvalue weighted by Crippen LogP contribution is -2.02. The van der Waals surface area contributed by atoms with Gasteiger partial charge in [-0.3, -0.25) is 9.55 Å². The first-order valence-corrected chi connectivity index (χ1v) is 5.95. The van der Waals surface area contributed by atoms with Crippen molar-refractivity contribution in [2.75, 3.05) is 12.8 Å². The Labute approximate surface area is 110 Å². The van der Waals surface area contributed by atoms with Crippen LogP contribution in [0.2, 0.25) is 0 Å². The molecule has 2 heterocycles. The SMILES string of the molecule is COCn1c(-c2cccnc2)nc2c(N)cccc21. The molecule has 19 heavy (non-hydrogen) atoms. The highest BCUT2D eigenvalue weighted by atomic mass is 16.5. The number of methoxy groups -OCH3 is 1. The molecule has 0 aliphatic carbocycles. The summed E-state index contributed by atoms with van der Waals surface area (Å²) in [5.74, 6) is 0.808. The first-order chi connectivity index (χ1) is 9.31. The Morgan fingerprint density at radius 2 is 2.16 bits per heavy atom. The van der Waals surface area contributed by atoms with Crippen molar-refractivity contribution in [2.45, 2.75) is 6.73 Å². The normalized spacial score (nSPS) is 11.0. The lowest BCUT2D eigenvalue weighted by Gasteiger charge is -2.07. The first-order valence-electron chi connectivity index (χ1n) is 5.95. The third kappa shape index (κ3) is 1.94. The number of nitrogens with zero attached hydrogens (tertiary/aromatic N) is 3. The van der Waals surface area contributed by atoms with Gasteiger partial charge in [-0.2, -0.15) is 0 Å². The molecule has 0 radical (unpaired) electrons. The third-order valence-corrected chi connectivity index (χ3v) is 2.99. The summed E-state index contributed by atoms with van der Waals surface area (Å²) in [6, 6.07) is 9.60. The number of para-hydroxylation sites is 1. The summed E-state index contributed by atoms with van der Waals surface area (Å²) in [6.07, 6.45) is 3.52. The zero-order valence-electron chi connectivity index (χ0n) is 10.6. The fraction of sp³-hybridized carbons (Fsp3) is 0.143. The van der Waals surface area contributed by atoms with E-state index in [4.69, 9.17) is 10.5 Å².